The summed E-state index contributed by atoms with van der Waals surface area (Å²) in [6.07, 6.45) is 19.2. The van der Waals surface area contributed by atoms with Gasteiger partial charge in [0.15, 0.2) is 0 Å². The second kappa shape index (κ2) is 9.94. The summed E-state index contributed by atoms with van der Waals surface area (Å²) in [5.74, 6) is 0. The van der Waals surface area contributed by atoms with E-state index in [4.69, 9.17) is 0 Å². The van der Waals surface area contributed by atoms with E-state index >= 15 is 0 Å². The molecule has 0 aromatic rings. The average Bonchev–Trinajstić information content (AvgIpc) is 2.35. The fourth-order valence-electron chi connectivity index (χ4n) is 1.79. The third-order valence-corrected chi connectivity index (χ3v) is 3.07. The smallest absolute Gasteiger partial charge is 0.00751 e. The van der Waals surface area contributed by atoms with Gasteiger partial charge in [-0.25, -0.2) is 0 Å². The topological polar surface area (TPSA) is 0 Å². The van der Waals surface area contributed by atoms with Gasteiger partial charge < -0.3 is 0 Å². The molecular formula is C18H30. The Morgan fingerprint density at radius 1 is 1.11 bits per heavy atom. The van der Waals surface area contributed by atoms with Gasteiger partial charge in [0.1, 0.15) is 0 Å². The van der Waals surface area contributed by atoms with Crippen molar-refractivity contribution < 1.29 is 0 Å². The van der Waals surface area contributed by atoms with Crippen molar-refractivity contribution in [3.63, 3.8) is 0 Å². The minimum Gasteiger partial charge on any atom is -0.0991 e. The third kappa shape index (κ3) is 7.32. The highest BCUT2D eigenvalue weighted by Gasteiger charge is 2.16. The monoisotopic (exact) mass is 246 g/mol. The Morgan fingerprint density at radius 2 is 1.83 bits per heavy atom. The fourth-order valence-corrected chi connectivity index (χ4v) is 1.79. The Hall–Kier alpha value is -1.04. The summed E-state index contributed by atoms with van der Waals surface area (Å²) < 4.78 is 0. The molecule has 0 nitrogen and oxygen atoms in total. The van der Waals surface area contributed by atoms with Gasteiger partial charge in [-0.2, -0.15) is 0 Å². The van der Waals surface area contributed by atoms with E-state index < -0.39 is 0 Å². The van der Waals surface area contributed by atoms with Gasteiger partial charge in [-0.15, -0.1) is 0 Å². The van der Waals surface area contributed by atoms with Gasteiger partial charge in [0.2, 0.25) is 0 Å². The van der Waals surface area contributed by atoms with E-state index in [1.807, 2.05) is 12.2 Å². The molecule has 0 rings (SSSR count). The lowest BCUT2D eigenvalue weighted by Gasteiger charge is -2.22. The van der Waals surface area contributed by atoms with E-state index in [0.29, 0.717) is 0 Å². The molecule has 0 unspecified atom stereocenters. The number of hydrogen-bond acceptors (Lipinski definition) is 0. The average molecular weight is 246 g/mol. The van der Waals surface area contributed by atoms with E-state index in [1.165, 1.54) is 31.3 Å². The number of rotatable bonds is 9. The summed E-state index contributed by atoms with van der Waals surface area (Å²) in [7, 11) is 0. The summed E-state index contributed by atoms with van der Waals surface area (Å²) in [5.41, 5.74) is 1.51. The predicted molar refractivity (Wildman–Crippen MR) is 84.8 cm³/mol. The first-order chi connectivity index (χ1) is 8.58. The molecule has 0 spiro atoms. The van der Waals surface area contributed by atoms with Gasteiger partial charge in [0.05, 0.1) is 0 Å². The molecule has 0 fully saturated rings. The first-order valence-corrected chi connectivity index (χ1v) is 7.25. The van der Waals surface area contributed by atoms with Crippen LogP contribution in [0.15, 0.2) is 48.6 Å². The van der Waals surface area contributed by atoms with Crippen LogP contribution in [0.25, 0.3) is 0 Å². The number of allylic oxidation sites excluding steroid dienone is 7. The van der Waals surface area contributed by atoms with E-state index in [2.05, 4.69) is 58.6 Å². The van der Waals surface area contributed by atoms with E-state index in [-0.39, 0.29) is 5.41 Å². The van der Waals surface area contributed by atoms with Crippen molar-refractivity contribution in [1.82, 2.24) is 0 Å². The summed E-state index contributed by atoms with van der Waals surface area (Å²) in [6.45, 7) is 12.7. The number of hydrogen-bond donors (Lipinski definition) is 0. The molecule has 0 aliphatic heterocycles. The van der Waals surface area contributed by atoms with Crippen LogP contribution in [0.5, 0.6) is 0 Å². The first kappa shape index (κ1) is 17.0. The summed E-state index contributed by atoms with van der Waals surface area (Å²) in [6, 6.07) is 0. The van der Waals surface area contributed by atoms with E-state index in [1.54, 1.807) is 0 Å². The fraction of sp³-hybridized carbons (Fsp3) is 0.556. The van der Waals surface area contributed by atoms with Crippen LogP contribution in [-0.4, -0.2) is 0 Å². The highest BCUT2D eigenvalue weighted by atomic mass is 14.2. The van der Waals surface area contributed by atoms with Crippen LogP contribution in [0.3, 0.4) is 0 Å². The maximum absolute atomic E-state index is 3.75. The second-order valence-corrected chi connectivity index (χ2v) is 5.31. The van der Waals surface area contributed by atoms with Crippen LogP contribution in [0, 0.1) is 5.41 Å². The van der Waals surface area contributed by atoms with Crippen molar-refractivity contribution >= 4 is 0 Å². The minimum absolute atomic E-state index is 0.0895. The van der Waals surface area contributed by atoms with Crippen molar-refractivity contribution in [1.29, 1.82) is 0 Å². The lowest BCUT2D eigenvalue weighted by molar-refractivity contribution is 0.589. The van der Waals surface area contributed by atoms with Crippen LogP contribution in [-0.2, 0) is 0 Å². The molecule has 102 valence electrons. The SMILES string of the molecule is C=C/C=C\C(C)(C)C(/C=C\CCC)=C/CCCC. The zero-order valence-corrected chi connectivity index (χ0v) is 12.7. The first-order valence-electron chi connectivity index (χ1n) is 7.25. The van der Waals surface area contributed by atoms with Crippen molar-refractivity contribution in [2.45, 2.75) is 59.8 Å². The second-order valence-electron chi connectivity index (χ2n) is 5.31. The van der Waals surface area contributed by atoms with Gasteiger partial charge in [-0.1, -0.05) is 90.0 Å². The molecule has 0 aromatic carbocycles. The molecule has 0 N–H and O–H groups in total. The van der Waals surface area contributed by atoms with Gasteiger partial charge in [0.25, 0.3) is 0 Å². The molecule has 0 aliphatic rings. The Balaban J connectivity index is 4.88. The largest absolute Gasteiger partial charge is 0.0991 e. The van der Waals surface area contributed by atoms with Crippen LogP contribution in [0.1, 0.15) is 59.8 Å². The van der Waals surface area contributed by atoms with Crippen LogP contribution < -0.4 is 0 Å². The van der Waals surface area contributed by atoms with Crippen LogP contribution in [0.2, 0.25) is 0 Å². The Kier molecular flexibility index (Phi) is 9.36. The molecule has 0 saturated carbocycles. The standard InChI is InChI=1S/C18H30/c1-6-9-12-14-17(15-13-10-7-2)18(4,5)16-11-8-3/h8,11-12,14-16H,3,6-7,9-10,13H2,1-2,4-5H3/b14-12-,16-11-,17-15+. The third-order valence-electron chi connectivity index (χ3n) is 3.07. The van der Waals surface area contributed by atoms with E-state index in [0.717, 1.165) is 6.42 Å². The van der Waals surface area contributed by atoms with Crippen molar-refractivity contribution in [3.8, 4) is 0 Å². The Labute approximate surface area is 114 Å². The van der Waals surface area contributed by atoms with Crippen molar-refractivity contribution in [2.24, 2.45) is 5.41 Å². The van der Waals surface area contributed by atoms with Gasteiger partial charge >= 0.3 is 0 Å². The molecule has 18 heavy (non-hydrogen) atoms. The highest BCUT2D eigenvalue weighted by Crippen LogP contribution is 2.30. The number of unbranched alkanes of at least 4 members (excludes halogenated alkanes) is 3. The maximum atomic E-state index is 3.75. The molecule has 0 radical (unpaired) electrons. The molecule has 0 aliphatic carbocycles. The summed E-state index contributed by atoms with van der Waals surface area (Å²) in [4.78, 5) is 0. The van der Waals surface area contributed by atoms with Crippen molar-refractivity contribution in [2.75, 3.05) is 0 Å². The minimum atomic E-state index is 0.0895. The molecule has 0 heteroatoms. The van der Waals surface area contributed by atoms with Gasteiger partial charge in [0, 0.05) is 5.41 Å². The molecule has 0 atom stereocenters. The van der Waals surface area contributed by atoms with Crippen molar-refractivity contribution in [3.05, 3.63) is 48.6 Å². The predicted octanol–water partition coefficient (Wildman–Crippen LogP) is 6.23. The molecular weight excluding hydrogens is 216 g/mol. The quantitative estimate of drug-likeness (QED) is 0.334. The highest BCUT2D eigenvalue weighted by molar-refractivity contribution is 5.30. The molecule has 0 heterocycles. The van der Waals surface area contributed by atoms with Gasteiger partial charge in [-0.3, -0.25) is 0 Å². The Bertz CT molecular complexity index is 300. The Morgan fingerprint density at radius 3 is 2.39 bits per heavy atom. The van der Waals surface area contributed by atoms with Crippen LogP contribution >= 0.6 is 0 Å². The maximum Gasteiger partial charge on any atom is 0.00751 e. The molecule has 0 amide bonds. The molecule has 0 bridgehead atoms. The van der Waals surface area contributed by atoms with E-state index in [9.17, 15) is 0 Å². The van der Waals surface area contributed by atoms with Gasteiger partial charge in [-0.05, 0) is 18.4 Å². The lowest BCUT2D eigenvalue weighted by atomic mass is 9.82. The summed E-state index contributed by atoms with van der Waals surface area (Å²) in [5, 5.41) is 0. The lowest BCUT2D eigenvalue weighted by Crippen LogP contribution is -2.10. The zero-order chi connectivity index (χ0) is 13.9. The van der Waals surface area contributed by atoms with Crippen LogP contribution in [0.4, 0.5) is 0 Å². The normalized spacial score (nSPS) is 13.7. The summed E-state index contributed by atoms with van der Waals surface area (Å²) >= 11 is 0. The molecule has 0 saturated heterocycles. The zero-order valence-electron chi connectivity index (χ0n) is 12.7. The molecule has 0 aromatic heterocycles.